The molecule has 234 valence electrons. The van der Waals surface area contributed by atoms with E-state index in [0.29, 0.717) is 31.4 Å². The minimum Gasteiger partial charge on any atom is -0.497 e. The first-order chi connectivity index (χ1) is 20.5. The molecule has 1 aliphatic carbocycles. The van der Waals surface area contributed by atoms with Crippen LogP contribution in [0.15, 0.2) is 18.2 Å². The number of Topliss-reactive ketones (excluding diaryl/α,β-unsaturated/α-hetero) is 1. The second-order valence-corrected chi connectivity index (χ2v) is 11.8. The molecule has 1 aromatic carbocycles. The van der Waals surface area contributed by atoms with Crippen molar-refractivity contribution in [1.29, 1.82) is 0 Å². The maximum atomic E-state index is 16.1. The average Bonchev–Trinajstić information content (AvgIpc) is 3.57. The molecule has 1 N–H and O–H groups in total. The summed E-state index contributed by atoms with van der Waals surface area (Å²) in [5, 5.41) is 2.42. The number of halogens is 3. The first kappa shape index (κ1) is 30.9. The zero-order valence-corrected chi connectivity index (χ0v) is 24.7. The van der Waals surface area contributed by atoms with E-state index in [2.05, 4.69) is 10.3 Å². The molecule has 2 amide bonds. The second-order valence-electron chi connectivity index (χ2n) is 11.8. The number of carbonyl (C=O) groups excluding carboxylic acids is 3. The lowest BCUT2D eigenvalue weighted by molar-refractivity contribution is -0.137. The Morgan fingerprint density at radius 2 is 1.91 bits per heavy atom. The maximum absolute atomic E-state index is 16.1. The summed E-state index contributed by atoms with van der Waals surface area (Å²) in [5.74, 6) is -6.38. The summed E-state index contributed by atoms with van der Waals surface area (Å²) < 4.78 is 65.0. The number of pyridine rings is 1. The Labute approximate surface area is 248 Å². The quantitative estimate of drug-likeness (QED) is 0.491. The van der Waals surface area contributed by atoms with Crippen molar-refractivity contribution < 1.29 is 41.8 Å². The Balaban J connectivity index is 1.57. The lowest BCUT2D eigenvalue weighted by Gasteiger charge is -2.26. The third-order valence-corrected chi connectivity index (χ3v) is 9.08. The van der Waals surface area contributed by atoms with E-state index in [-0.39, 0.29) is 41.7 Å². The summed E-state index contributed by atoms with van der Waals surface area (Å²) in [6.45, 7) is 2.60. The van der Waals surface area contributed by atoms with Crippen molar-refractivity contribution in [2.75, 3.05) is 20.2 Å². The van der Waals surface area contributed by atoms with Gasteiger partial charge < -0.3 is 24.4 Å². The highest BCUT2D eigenvalue weighted by Crippen LogP contribution is 2.44. The summed E-state index contributed by atoms with van der Waals surface area (Å²) >= 11 is 0. The van der Waals surface area contributed by atoms with Crippen LogP contribution in [0.2, 0.25) is 0 Å². The molecule has 2 bridgehead atoms. The van der Waals surface area contributed by atoms with Gasteiger partial charge in [0.05, 0.1) is 25.2 Å². The third-order valence-electron chi connectivity index (χ3n) is 9.08. The summed E-state index contributed by atoms with van der Waals surface area (Å²) in [7, 11) is 1.43. The fourth-order valence-corrected chi connectivity index (χ4v) is 6.92. The largest absolute Gasteiger partial charge is 0.497 e. The Kier molecular flexibility index (Phi) is 9.03. The zero-order valence-electron chi connectivity index (χ0n) is 24.7. The molecular formula is C31H38F3N3O6. The van der Waals surface area contributed by atoms with E-state index in [1.165, 1.54) is 37.1 Å². The number of ether oxygens (including phenoxy) is 3. The van der Waals surface area contributed by atoms with Gasteiger partial charge >= 0.3 is 6.09 Å². The van der Waals surface area contributed by atoms with Crippen LogP contribution < -0.4 is 14.8 Å². The van der Waals surface area contributed by atoms with Crippen LogP contribution in [0.5, 0.6) is 11.6 Å². The number of ketones is 1. The van der Waals surface area contributed by atoms with Gasteiger partial charge in [-0.15, -0.1) is 0 Å². The third kappa shape index (κ3) is 6.24. The van der Waals surface area contributed by atoms with E-state index in [1.807, 2.05) is 0 Å². The Bertz CT molecular complexity index is 1390. The van der Waals surface area contributed by atoms with Crippen LogP contribution in [0.4, 0.5) is 18.0 Å². The number of nitrogens with one attached hydrogen (secondary N) is 1. The first-order valence-electron chi connectivity index (χ1n) is 15.0. The average molecular weight is 606 g/mol. The van der Waals surface area contributed by atoms with Crippen LogP contribution >= 0.6 is 0 Å². The van der Waals surface area contributed by atoms with Crippen molar-refractivity contribution in [2.45, 2.75) is 89.4 Å². The van der Waals surface area contributed by atoms with Crippen molar-refractivity contribution in [1.82, 2.24) is 15.2 Å². The van der Waals surface area contributed by atoms with Gasteiger partial charge in [-0.3, -0.25) is 9.59 Å². The van der Waals surface area contributed by atoms with Crippen molar-refractivity contribution in [3.05, 3.63) is 29.6 Å². The van der Waals surface area contributed by atoms with E-state index >= 15 is 13.2 Å². The Hall–Kier alpha value is -3.57. The van der Waals surface area contributed by atoms with Gasteiger partial charge in [0.25, 0.3) is 5.92 Å². The van der Waals surface area contributed by atoms with Gasteiger partial charge in [0.2, 0.25) is 11.8 Å². The highest BCUT2D eigenvalue weighted by molar-refractivity contribution is 5.90. The number of hydrogen-bond acceptors (Lipinski definition) is 7. The molecule has 3 aliphatic rings. The SMILES string of the molecule is CCC1[C@@H]2CN(C(=O)CNC(=O)O[C@@H]3CCC[C@H]3CCCCC(F)(F)c3c(nc4cc(OC)ccc4c3F)O2)[C@@H]1C(C)=O. The molecule has 3 heterocycles. The molecule has 43 heavy (non-hydrogen) atoms. The Morgan fingerprint density at radius 3 is 2.63 bits per heavy atom. The number of fused-ring (bicyclic) bond motifs is 5. The highest BCUT2D eigenvalue weighted by Gasteiger charge is 2.48. The van der Waals surface area contributed by atoms with Gasteiger partial charge in [-0.1, -0.05) is 13.3 Å². The molecular weight excluding hydrogens is 567 g/mol. The molecule has 1 unspecified atom stereocenters. The number of benzene rings is 1. The van der Waals surface area contributed by atoms with Gasteiger partial charge in [0.1, 0.15) is 35.9 Å². The molecule has 5 rings (SSSR count). The highest BCUT2D eigenvalue weighted by atomic mass is 19.3. The molecule has 1 aromatic heterocycles. The van der Waals surface area contributed by atoms with Gasteiger partial charge in [0.15, 0.2) is 5.78 Å². The number of amides is 2. The number of carbonyl (C=O) groups is 3. The second kappa shape index (κ2) is 12.6. The van der Waals surface area contributed by atoms with Crippen LogP contribution in [0, 0.1) is 17.7 Å². The van der Waals surface area contributed by atoms with Crippen molar-refractivity contribution in [3.63, 3.8) is 0 Å². The topological polar surface area (TPSA) is 107 Å². The smallest absolute Gasteiger partial charge is 0.407 e. The summed E-state index contributed by atoms with van der Waals surface area (Å²) in [6, 6.07) is 3.35. The minimum absolute atomic E-state index is 0.00801. The number of methoxy groups -OCH3 is 1. The lowest BCUT2D eigenvalue weighted by Crippen LogP contribution is -2.47. The van der Waals surface area contributed by atoms with Crippen molar-refractivity contribution in [2.24, 2.45) is 11.8 Å². The van der Waals surface area contributed by atoms with Crippen molar-refractivity contribution >= 4 is 28.7 Å². The number of alkyl halides is 2. The fourth-order valence-electron chi connectivity index (χ4n) is 6.92. The van der Waals surface area contributed by atoms with Crippen LogP contribution in [-0.4, -0.2) is 66.1 Å². The van der Waals surface area contributed by atoms with Crippen molar-refractivity contribution in [3.8, 4) is 11.6 Å². The van der Waals surface area contributed by atoms with Crippen LogP contribution in [-0.2, 0) is 20.2 Å². The van der Waals surface area contributed by atoms with Gasteiger partial charge in [-0.25, -0.2) is 22.9 Å². The Morgan fingerprint density at radius 1 is 1.14 bits per heavy atom. The molecule has 0 radical (unpaired) electrons. The van der Waals surface area contributed by atoms with E-state index < -0.39 is 66.2 Å². The number of rotatable bonds is 3. The first-order valence-corrected chi connectivity index (χ1v) is 15.0. The van der Waals surface area contributed by atoms with Gasteiger partial charge in [-0.2, -0.15) is 0 Å². The molecule has 0 spiro atoms. The predicted octanol–water partition coefficient (Wildman–Crippen LogP) is 5.52. The normalized spacial score (nSPS) is 28.1. The van der Waals surface area contributed by atoms with E-state index in [4.69, 9.17) is 14.2 Å². The summed E-state index contributed by atoms with van der Waals surface area (Å²) in [6.07, 6.45) is 1.10. The molecule has 9 nitrogen and oxygen atoms in total. The van der Waals surface area contributed by atoms with Crippen LogP contribution in [0.3, 0.4) is 0 Å². The maximum Gasteiger partial charge on any atom is 0.407 e. The number of nitrogens with zero attached hydrogens (tertiary/aromatic N) is 2. The lowest BCUT2D eigenvalue weighted by atomic mass is 9.92. The molecule has 12 heteroatoms. The van der Waals surface area contributed by atoms with E-state index in [0.717, 1.165) is 12.8 Å². The van der Waals surface area contributed by atoms with E-state index in [9.17, 15) is 14.4 Å². The molecule has 2 aliphatic heterocycles. The van der Waals surface area contributed by atoms with Gasteiger partial charge in [-0.05, 0) is 63.5 Å². The molecule has 2 fully saturated rings. The van der Waals surface area contributed by atoms with E-state index in [1.54, 1.807) is 6.92 Å². The summed E-state index contributed by atoms with van der Waals surface area (Å²) in [5.41, 5.74) is -0.856. The number of alkyl carbamates (subject to hydrolysis) is 1. The zero-order chi connectivity index (χ0) is 30.9. The molecule has 1 saturated heterocycles. The summed E-state index contributed by atoms with van der Waals surface area (Å²) in [4.78, 5) is 44.3. The standard InChI is InChI=1S/C31H38F3N3O6/c1-4-20-24-16-37(28(20)17(2)38)25(39)15-35-30(40)43-23-10-7-9-18(23)8-5-6-13-31(33,34)26-27(32)21-12-11-19(41-3)14-22(21)36-29(26)42-24/h11-12,14,18,20,23-24,28H,4-10,13,15-16H2,1-3H3,(H,35,40)/t18-,20?,23-,24+,28-/m1/s1. The predicted molar refractivity (Wildman–Crippen MR) is 151 cm³/mol. The number of aromatic nitrogens is 1. The molecule has 1 saturated carbocycles. The van der Waals surface area contributed by atoms with Gasteiger partial charge in [0, 0.05) is 23.8 Å². The molecule has 2 aromatic rings. The fraction of sp³-hybridized carbons (Fsp3) is 0.613. The van der Waals surface area contributed by atoms with Crippen LogP contribution in [0.1, 0.15) is 70.8 Å². The molecule has 5 atom stereocenters. The van der Waals surface area contributed by atoms with Crippen LogP contribution in [0.25, 0.3) is 10.9 Å². The monoisotopic (exact) mass is 605 g/mol. The minimum atomic E-state index is -3.62. The number of hydrogen-bond donors (Lipinski definition) is 1.